The lowest BCUT2D eigenvalue weighted by atomic mass is 9.94. The first kappa shape index (κ1) is 13.5. The summed E-state index contributed by atoms with van der Waals surface area (Å²) in [7, 11) is 1.54. The first-order chi connectivity index (χ1) is 9.22. The van der Waals surface area contributed by atoms with Crippen molar-refractivity contribution < 1.29 is 9.53 Å². The van der Waals surface area contributed by atoms with Gasteiger partial charge in [-0.1, -0.05) is 18.2 Å². The van der Waals surface area contributed by atoms with Crippen molar-refractivity contribution in [1.29, 1.82) is 0 Å². The van der Waals surface area contributed by atoms with Crippen LogP contribution in [0, 0.1) is 5.92 Å². The maximum Gasteiger partial charge on any atom is 0.257 e. The summed E-state index contributed by atoms with van der Waals surface area (Å²) in [5.74, 6) is 0.871. The van der Waals surface area contributed by atoms with E-state index in [1.54, 1.807) is 18.2 Å². The summed E-state index contributed by atoms with van der Waals surface area (Å²) < 4.78 is 5.19. The van der Waals surface area contributed by atoms with Gasteiger partial charge in [0.25, 0.3) is 5.91 Å². The molecule has 0 aromatic heterocycles. The Kier molecular flexibility index (Phi) is 4.44. The van der Waals surface area contributed by atoms with E-state index in [-0.39, 0.29) is 5.91 Å². The number of amides is 1. The number of anilines is 1. The molecule has 4 nitrogen and oxygen atoms in total. The Hall–Kier alpha value is -1.97. The fourth-order valence-electron chi connectivity index (χ4n) is 2.33. The van der Waals surface area contributed by atoms with Crippen LogP contribution in [0.2, 0.25) is 0 Å². The molecule has 19 heavy (non-hydrogen) atoms. The Morgan fingerprint density at radius 1 is 1.47 bits per heavy atom. The minimum atomic E-state index is -0.162. The largest absolute Gasteiger partial charge is 0.496 e. The van der Waals surface area contributed by atoms with Crippen LogP contribution < -0.4 is 15.8 Å². The Bertz CT molecular complexity index is 483. The third-order valence-corrected chi connectivity index (χ3v) is 3.43. The highest BCUT2D eigenvalue weighted by molar-refractivity contribution is 6.01. The molecule has 1 atom stereocenters. The number of allylic oxidation sites excluding steroid dienone is 2. The van der Waals surface area contributed by atoms with Gasteiger partial charge in [-0.2, -0.15) is 0 Å². The second-order valence-corrected chi connectivity index (χ2v) is 4.79. The van der Waals surface area contributed by atoms with Gasteiger partial charge in [0.15, 0.2) is 0 Å². The zero-order valence-electron chi connectivity index (χ0n) is 11.2. The van der Waals surface area contributed by atoms with Gasteiger partial charge in [0.1, 0.15) is 11.3 Å². The molecule has 1 aromatic carbocycles. The number of nitrogens with two attached hydrogens (primary N) is 1. The average Bonchev–Trinajstić information content (AvgIpc) is 2.45. The van der Waals surface area contributed by atoms with Gasteiger partial charge in [0, 0.05) is 12.2 Å². The minimum Gasteiger partial charge on any atom is -0.496 e. The van der Waals surface area contributed by atoms with Crippen molar-refractivity contribution in [3.63, 3.8) is 0 Å². The molecule has 0 aliphatic heterocycles. The first-order valence-corrected chi connectivity index (χ1v) is 6.58. The maximum atomic E-state index is 12.2. The molecule has 1 amide bonds. The molecule has 102 valence electrons. The number of ether oxygens (including phenoxy) is 1. The van der Waals surface area contributed by atoms with E-state index in [0.29, 0.717) is 29.5 Å². The van der Waals surface area contributed by atoms with Gasteiger partial charge in [-0.25, -0.2) is 0 Å². The number of nitrogen functional groups attached to an aromatic ring is 1. The maximum absolute atomic E-state index is 12.2. The second kappa shape index (κ2) is 6.27. The van der Waals surface area contributed by atoms with Gasteiger partial charge in [-0.15, -0.1) is 0 Å². The van der Waals surface area contributed by atoms with Crippen LogP contribution in [0.4, 0.5) is 5.69 Å². The summed E-state index contributed by atoms with van der Waals surface area (Å²) in [5, 5.41) is 2.95. The molecule has 0 radical (unpaired) electrons. The average molecular weight is 260 g/mol. The van der Waals surface area contributed by atoms with Gasteiger partial charge in [-0.05, 0) is 37.3 Å². The van der Waals surface area contributed by atoms with Crippen molar-refractivity contribution in [3.8, 4) is 5.75 Å². The lowest BCUT2D eigenvalue weighted by Crippen LogP contribution is -2.30. The number of methoxy groups -OCH3 is 1. The quantitative estimate of drug-likeness (QED) is 0.645. The van der Waals surface area contributed by atoms with Crippen molar-refractivity contribution >= 4 is 11.6 Å². The van der Waals surface area contributed by atoms with Crippen LogP contribution in [0.3, 0.4) is 0 Å². The summed E-state index contributed by atoms with van der Waals surface area (Å²) >= 11 is 0. The van der Waals surface area contributed by atoms with Crippen LogP contribution in [0.1, 0.15) is 29.6 Å². The second-order valence-electron chi connectivity index (χ2n) is 4.79. The number of nitrogens with one attached hydrogen (secondary N) is 1. The molecule has 1 aliphatic carbocycles. The van der Waals surface area contributed by atoms with E-state index >= 15 is 0 Å². The lowest BCUT2D eigenvalue weighted by Gasteiger charge is -2.19. The monoisotopic (exact) mass is 260 g/mol. The molecule has 1 aromatic rings. The molecule has 0 spiro atoms. The molecule has 0 heterocycles. The number of carbonyl (C=O) groups excluding carboxylic acids is 1. The zero-order valence-corrected chi connectivity index (χ0v) is 11.2. The molecule has 1 unspecified atom stereocenters. The summed E-state index contributed by atoms with van der Waals surface area (Å²) in [6, 6.07) is 5.23. The smallest absolute Gasteiger partial charge is 0.257 e. The molecular formula is C15H20N2O2. The van der Waals surface area contributed by atoms with Crippen molar-refractivity contribution in [2.75, 3.05) is 19.4 Å². The van der Waals surface area contributed by atoms with E-state index in [2.05, 4.69) is 17.5 Å². The fraction of sp³-hybridized carbons (Fsp3) is 0.400. The van der Waals surface area contributed by atoms with Crippen LogP contribution in [0.5, 0.6) is 5.75 Å². The molecule has 0 saturated heterocycles. The lowest BCUT2D eigenvalue weighted by molar-refractivity contribution is 0.0944. The molecule has 4 heteroatoms. The predicted molar refractivity (Wildman–Crippen MR) is 76.2 cm³/mol. The van der Waals surface area contributed by atoms with Gasteiger partial charge >= 0.3 is 0 Å². The van der Waals surface area contributed by atoms with E-state index in [4.69, 9.17) is 10.5 Å². The highest BCUT2D eigenvalue weighted by Gasteiger charge is 2.17. The number of carbonyl (C=O) groups is 1. The third kappa shape index (κ3) is 3.28. The highest BCUT2D eigenvalue weighted by atomic mass is 16.5. The molecule has 0 saturated carbocycles. The van der Waals surface area contributed by atoms with Gasteiger partial charge < -0.3 is 15.8 Å². The number of rotatable bonds is 4. The molecule has 3 N–H and O–H groups in total. The van der Waals surface area contributed by atoms with Crippen LogP contribution in [-0.4, -0.2) is 19.6 Å². The van der Waals surface area contributed by atoms with Crippen LogP contribution >= 0.6 is 0 Å². The van der Waals surface area contributed by atoms with Crippen molar-refractivity contribution in [1.82, 2.24) is 5.32 Å². The Balaban J connectivity index is 2.01. The Labute approximate surface area is 113 Å². The first-order valence-electron chi connectivity index (χ1n) is 6.58. The molecule has 1 aliphatic rings. The highest BCUT2D eigenvalue weighted by Crippen LogP contribution is 2.24. The zero-order chi connectivity index (χ0) is 13.7. The normalized spacial score (nSPS) is 18.1. The number of benzene rings is 1. The van der Waals surface area contributed by atoms with E-state index in [1.165, 1.54) is 7.11 Å². The van der Waals surface area contributed by atoms with E-state index < -0.39 is 0 Å². The van der Waals surface area contributed by atoms with Crippen molar-refractivity contribution in [2.24, 2.45) is 5.92 Å². The van der Waals surface area contributed by atoms with Gasteiger partial charge in [0.05, 0.1) is 7.11 Å². The Morgan fingerprint density at radius 2 is 2.32 bits per heavy atom. The van der Waals surface area contributed by atoms with Crippen LogP contribution in [0.15, 0.2) is 30.4 Å². The SMILES string of the molecule is COc1cccc(N)c1C(=O)NCC1CC=CCC1. The molecule has 0 bridgehead atoms. The van der Waals surface area contributed by atoms with Crippen LogP contribution in [0.25, 0.3) is 0 Å². The summed E-state index contributed by atoms with van der Waals surface area (Å²) in [4.78, 5) is 12.2. The third-order valence-electron chi connectivity index (χ3n) is 3.43. The molecular weight excluding hydrogens is 240 g/mol. The summed E-state index contributed by atoms with van der Waals surface area (Å²) in [6.07, 6.45) is 7.62. The minimum absolute atomic E-state index is 0.162. The van der Waals surface area contributed by atoms with E-state index in [1.807, 2.05) is 0 Å². The number of hydrogen-bond acceptors (Lipinski definition) is 3. The standard InChI is InChI=1S/C15H20N2O2/c1-19-13-9-5-8-12(16)14(13)15(18)17-10-11-6-3-2-4-7-11/h2-3,5,8-9,11H,4,6-7,10,16H2,1H3,(H,17,18). The molecule has 2 rings (SSSR count). The van der Waals surface area contributed by atoms with Gasteiger partial charge in [0.2, 0.25) is 0 Å². The van der Waals surface area contributed by atoms with Crippen molar-refractivity contribution in [3.05, 3.63) is 35.9 Å². The predicted octanol–water partition coefficient (Wildman–Crippen LogP) is 2.36. The topological polar surface area (TPSA) is 64.3 Å². The van der Waals surface area contributed by atoms with Crippen molar-refractivity contribution in [2.45, 2.75) is 19.3 Å². The van der Waals surface area contributed by atoms with Crippen LogP contribution in [-0.2, 0) is 0 Å². The Morgan fingerprint density at radius 3 is 3.00 bits per heavy atom. The number of hydrogen-bond donors (Lipinski definition) is 2. The summed E-state index contributed by atoms with van der Waals surface area (Å²) in [5.41, 5.74) is 6.73. The van der Waals surface area contributed by atoms with E-state index in [9.17, 15) is 4.79 Å². The van der Waals surface area contributed by atoms with E-state index in [0.717, 1.165) is 19.3 Å². The summed E-state index contributed by atoms with van der Waals surface area (Å²) in [6.45, 7) is 0.681. The van der Waals surface area contributed by atoms with Gasteiger partial charge in [-0.3, -0.25) is 4.79 Å². The molecule has 0 fully saturated rings. The fourth-order valence-corrected chi connectivity index (χ4v) is 2.33.